The van der Waals surface area contributed by atoms with Gasteiger partial charge in [0.05, 0.1) is 5.69 Å². The molecule has 23 heavy (non-hydrogen) atoms. The molecule has 0 aliphatic carbocycles. The minimum Gasteiger partial charge on any atom is -0.481 e. The second-order valence-electron chi connectivity index (χ2n) is 5.81. The average Bonchev–Trinajstić information content (AvgIpc) is 2.54. The zero-order valence-electron chi connectivity index (χ0n) is 13.2. The van der Waals surface area contributed by atoms with Crippen molar-refractivity contribution in [1.82, 2.24) is 0 Å². The summed E-state index contributed by atoms with van der Waals surface area (Å²) in [5.41, 5.74) is 2.68. The number of hydrogen-bond acceptors (Lipinski definition) is 3. The lowest BCUT2D eigenvalue weighted by Crippen LogP contribution is -2.43. The van der Waals surface area contributed by atoms with E-state index in [4.69, 9.17) is 4.74 Å². The molecule has 5 heteroatoms. The fraction of sp³-hybridized carbons (Fsp3) is 0.278. The second kappa shape index (κ2) is 6.28. The van der Waals surface area contributed by atoms with Crippen LogP contribution < -0.4 is 15.0 Å². The third kappa shape index (κ3) is 3.28. The summed E-state index contributed by atoms with van der Waals surface area (Å²) >= 11 is 0. The van der Waals surface area contributed by atoms with Crippen LogP contribution in [-0.4, -0.2) is 18.6 Å². The molecule has 0 atom stereocenters. The molecule has 0 aromatic heterocycles. The van der Waals surface area contributed by atoms with E-state index in [1.54, 1.807) is 17.0 Å². The van der Waals surface area contributed by atoms with E-state index < -0.39 is 0 Å². The van der Waals surface area contributed by atoms with Crippen LogP contribution in [0.4, 0.5) is 15.8 Å². The zero-order chi connectivity index (χ0) is 16.4. The maximum atomic E-state index is 12.9. The van der Waals surface area contributed by atoms with E-state index in [0.717, 1.165) is 16.9 Å². The van der Waals surface area contributed by atoms with Crippen LogP contribution in [0.2, 0.25) is 0 Å². The van der Waals surface area contributed by atoms with Crippen molar-refractivity contribution in [1.29, 1.82) is 0 Å². The molecule has 3 rings (SSSR count). The normalized spacial score (nSPS) is 13.7. The average molecular weight is 314 g/mol. The minimum absolute atomic E-state index is 0.0282. The maximum absolute atomic E-state index is 12.9. The number of benzene rings is 2. The molecular formula is C18H19FN2O2. The Labute approximate surface area is 134 Å². The van der Waals surface area contributed by atoms with Gasteiger partial charge in [-0.3, -0.25) is 4.79 Å². The molecule has 0 fully saturated rings. The van der Waals surface area contributed by atoms with Crippen molar-refractivity contribution in [2.24, 2.45) is 0 Å². The van der Waals surface area contributed by atoms with E-state index in [1.165, 1.54) is 12.1 Å². The molecule has 120 valence electrons. The predicted molar refractivity (Wildman–Crippen MR) is 88.3 cm³/mol. The zero-order valence-corrected chi connectivity index (χ0v) is 13.2. The fourth-order valence-corrected chi connectivity index (χ4v) is 2.65. The molecule has 0 bridgehead atoms. The summed E-state index contributed by atoms with van der Waals surface area (Å²) in [7, 11) is 0. The van der Waals surface area contributed by atoms with Crippen LogP contribution in [0.5, 0.6) is 5.75 Å². The summed E-state index contributed by atoms with van der Waals surface area (Å²) in [5.74, 6) is 0.427. The number of carbonyl (C=O) groups is 1. The van der Waals surface area contributed by atoms with Crippen LogP contribution >= 0.6 is 0 Å². The quantitative estimate of drug-likeness (QED) is 0.938. The maximum Gasteiger partial charge on any atom is 0.265 e. The molecule has 1 heterocycles. The van der Waals surface area contributed by atoms with Gasteiger partial charge in [-0.25, -0.2) is 4.39 Å². The van der Waals surface area contributed by atoms with Crippen LogP contribution in [-0.2, 0) is 11.3 Å². The van der Waals surface area contributed by atoms with Gasteiger partial charge in [-0.2, -0.15) is 0 Å². The van der Waals surface area contributed by atoms with Crippen molar-refractivity contribution >= 4 is 17.3 Å². The summed E-state index contributed by atoms with van der Waals surface area (Å²) in [6, 6.07) is 12.2. The highest BCUT2D eigenvalue weighted by Crippen LogP contribution is 2.35. The number of anilines is 2. The molecule has 0 unspecified atom stereocenters. The molecule has 1 aliphatic heterocycles. The molecule has 4 nitrogen and oxygen atoms in total. The first-order valence-corrected chi connectivity index (χ1v) is 7.62. The number of amides is 1. The summed E-state index contributed by atoms with van der Waals surface area (Å²) in [6.45, 7) is 4.61. The number of hydrogen-bond donors (Lipinski definition) is 1. The van der Waals surface area contributed by atoms with Gasteiger partial charge < -0.3 is 15.0 Å². The first-order chi connectivity index (χ1) is 11.0. The first kappa shape index (κ1) is 15.3. The molecule has 2 aromatic carbocycles. The standard InChI is InChI=1S/C18H19FN2O2/c1-12(2)21-16-8-7-15(9-17(16)23-11-18(21)22)20-10-13-3-5-14(19)6-4-13/h3-9,12,20H,10-11H2,1-2H3. The molecule has 0 radical (unpaired) electrons. The van der Waals surface area contributed by atoms with Crippen molar-refractivity contribution in [3.8, 4) is 5.75 Å². The summed E-state index contributed by atoms with van der Waals surface area (Å²) in [6.07, 6.45) is 0. The topological polar surface area (TPSA) is 41.6 Å². The molecule has 0 spiro atoms. The van der Waals surface area contributed by atoms with Crippen LogP contribution in [0, 0.1) is 5.82 Å². The third-order valence-corrected chi connectivity index (χ3v) is 3.77. The minimum atomic E-state index is -0.241. The number of ether oxygens (including phenoxy) is 1. The molecule has 2 aromatic rings. The highest BCUT2D eigenvalue weighted by atomic mass is 19.1. The Morgan fingerprint density at radius 2 is 1.96 bits per heavy atom. The predicted octanol–water partition coefficient (Wildman–Crippen LogP) is 3.57. The third-order valence-electron chi connectivity index (χ3n) is 3.77. The highest BCUT2D eigenvalue weighted by molar-refractivity contribution is 5.98. The van der Waals surface area contributed by atoms with E-state index in [-0.39, 0.29) is 24.4 Å². The SMILES string of the molecule is CC(C)N1C(=O)COc2cc(NCc3ccc(F)cc3)ccc21. The largest absolute Gasteiger partial charge is 0.481 e. The number of nitrogens with one attached hydrogen (secondary N) is 1. The van der Waals surface area contributed by atoms with Crippen LogP contribution in [0.15, 0.2) is 42.5 Å². The Balaban J connectivity index is 1.76. The lowest BCUT2D eigenvalue weighted by molar-refractivity contribution is -0.121. The Hall–Kier alpha value is -2.56. The van der Waals surface area contributed by atoms with Gasteiger partial charge >= 0.3 is 0 Å². The number of fused-ring (bicyclic) bond motifs is 1. The van der Waals surface area contributed by atoms with Gasteiger partial charge in [0.2, 0.25) is 0 Å². The summed E-state index contributed by atoms with van der Waals surface area (Å²) < 4.78 is 18.4. The Bertz CT molecular complexity index is 713. The fourth-order valence-electron chi connectivity index (χ4n) is 2.65. The van der Waals surface area contributed by atoms with Crippen molar-refractivity contribution in [3.63, 3.8) is 0 Å². The number of nitrogens with zero attached hydrogens (tertiary/aromatic N) is 1. The lowest BCUT2D eigenvalue weighted by atomic mass is 10.1. The first-order valence-electron chi connectivity index (χ1n) is 7.62. The van der Waals surface area contributed by atoms with Gasteiger partial charge in [0.1, 0.15) is 11.6 Å². The molecular weight excluding hydrogens is 295 g/mol. The van der Waals surface area contributed by atoms with Gasteiger partial charge in [0.25, 0.3) is 5.91 Å². The number of rotatable bonds is 4. The van der Waals surface area contributed by atoms with Gasteiger partial charge in [-0.1, -0.05) is 12.1 Å². The van der Waals surface area contributed by atoms with Crippen LogP contribution in [0.3, 0.4) is 0 Å². The van der Waals surface area contributed by atoms with Crippen LogP contribution in [0.25, 0.3) is 0 Å². The van der Waals surface area contributed by atoms with Gasteiger partial charge in [-0.15, -0.1) is 0 Å². The molecule has 0 saturated carbocycles. The number of halogens is 1. The van der Waals surface area contributed by atoms with E-state index in [2.05, 4.69) is 5.32 Å². The van der Waals surface area contributed by atoms with Gasteiger partial charge in [0.15, 0.2) is 6.61 Å². The number of carbonyl (C=O) groups excluding carboxylic acids is 1. The van der Waals surface area contributed by atoms with Crippen molar-refractivity contribution in [2.75, 3.05) is 16.8 Å². The van der Waals surface area contributed by atoms with Gasteiger partial charge in [-0.05, 0) is 43.7 Å². The van der Waals surface area contributed by atoms with E-state index in [0.29, 0.717) is 12.3 Å². The second-order valence-corrected chi connectivity index (χ2v) is 5.81. The monoisotopic (exact) mass is 314 g/mol. The van der Waals surface area contributed by atoms with E-state index in [1.807, 2.05) is 32.0 Å². The molecule has 0 saturated heterocycles. The van der Waals surface area contributed by atoms with Crippen molar-refractivity contribution < 1.29 is 13.9 Å². The Kier molecular flexibility index (Phi) is 4.19. The lowest BCUT2D eigenvalue weighted by Gasteiger charge is -2.32. The van der Waals surface area contributed by atoms with Gasteiger partial charge in [0, 0.05) is 24.3 Å². The highest BCUT2D eigenvalue weighted by Gasteiger charge is 2.27. The molecule has 1 aliphatic rings. The van der Waals surface area contributed by atoms with Crippen LogP contribution in [0.1, 0.15) is 19.4 Å². The van der Waals surface area contributed by atoms with E-state index in [9.17, 15) is 9.18 Å². The molecule has 1 amide bonds. The summed E-state index contributed by atoms with van der Waals surface area (Å²) in [5, 5.41) is 3.28. The Morgan fingerprint density at radius 3 is 2.65 bits per heavy atom. The summed E-state index contributed by atoms with van der Waals surface area (Å²) in [4.78, 5) is 13.7. The Morgan fingerprint density at radius 1 is 1.22 bits per heavy atom. The van der Waals surface area contributed by atoms with Crippen molar-refractivity contribution in [3.05, 3.63) is 53.8 Å². The molecule has 1 N–H and O–H groups in total. The van der Waals surface area contributed by atoms with E-state index >= 15 is 0 Å². The smallest absolute Gasteiger partial charge is 0.265 e. The van der Waals surface area contributed by atoms with Crippen molar-refractivity contribution in [2.45, 2.75) is 26.4 Å².